The molecule has 1 aromatic heterocycles. The highest BCUT2D eigenvalue weighted by atomic mass is 15.4. The molecule has 1 heterocycles. The maximum absolute atomic E-state index is 4.56. The molecular weight excluding hydrogens is 318 g/mol. The highest BCUT2D eigenvalue weighted by Gasteiger charge is 2.51. The largest absolute Gasteiger partial charge is 0.242 e. The number of hydrogen-bond donors (Lipinski definition) is 0. The summed E-state index contributed by atoms with van der Waals surface area (Å²) in [5.41, 5.74) is 7.04. The lowest BCUT2D eigenvalue weighted by atomic mass is 9.89. The summed E-state index contributed by atoms with van der Waals surface area (Å²) in [7, 11) is 0. The van der Waals surface area contributed by atoms with Gasteiger partial charge in [-0.15, -0.1) is 5.10 Å². The third-order valence-corrected chi connectivity index (χ3v) is 5.49. The van der Waals surface area contributed by atoms with Gasteiger partial charge < -0.3 is 0 Å². The van der Waals surface area contributed by atoms with Crippen molar-refractivity contribution in [3.05, 3.63) is 66.4 Å². The Kier molecular flexibility index (Phi) is 4.99. The van der Waals surface area contributed by atoms with Gasteiger partial charge in [-0.3, -0.25) is 0 Å². The van der Waals surface area contributed by atoms with Crippen LogP contribution in [0.5, 0.6) is 0 Å². The molecule has 4 rings (SSSR count). The second-order valence-electron chi connectivity index (χ2n) is 7.10. The minimum Gasteiger partial charge on any atom is -0.242 e. The normalized spacial score (nSPS) is 25.7. The van der Waals surface area contributed by atoms with E-state index in [9.17, 15) is 0 Å². The van der Waals surface area contributed by atoms with Crippen molar-refractivity contribution in [2.75, 3.05) is 0 Å². The maximum atomic E-state index is 4.56. The number of hydrogen-bond acceptors (Lipinski definition) is 2. The molecule has 3 atom stereocenters. The van der Waals surface area contributed by atoms with Crippen molar-refractivity contribution >= 4 is 5.57 Å². The fourth-order valence-electron chi connectivity index (χ4n) is 4.28. The van der Waals surface area contributed by atoms with E-state index in [0.29, 0.717) is 17.8 Å². The molecule has 0 saturated heterocycles. The first-order valence-electron chi connectivity index (χ1n) is 9.64. The zero-order valence-electron chi connectivity index (χ0n) is 16.5. The monoisotopic (exact) mass is 347 g/mol. The summed E-state index contributed by atoms with van der Waals surface area (Å²) < 4.78 is 2.01. The number of aromatic nitrogens is 3. The Balaban J connectivity index is 0.000000948. The molecule has 136 valence electrons. The number of rotatable bonds is 3. The first-order valence-corrected chi connectivity index (χ1v) is 9.64. The van der Waals surface area contributed by atoms with Gasteiger partial charge >= 0.3 is 0 Å². The van der Waals surface area contributed by atoms with Gasteiger partial charge in [0, 0.05) is 17.2 Å². The summed E-state index contributed by atoms with van der Waals surface area (Å²) in [5.74, 6) is 1.64. The third-order valence-electron chi connectivity index (χ3n) is 5.49. The van der Waals surface area contributed by atoms with E-state index in [-0.39, 0.29) is 6.04 Å². The average molecular weight is 348 g/mol. The standard InChI is InChI=1S/C21H23N3.C2H6/c1-6-14-15(7-2)21-20(22-23-24(21)12(3)4)17-11-9-8-10-16(17)19-13(5)18(14)19;1-2/h6-13,18-19H,1-2H2,3-5H3;1-2H3/b15-14-;. The Hall–Kier alpha value is -2.42. The molecule has 0 amide bonds. The SMILES string of the molecule is C=C/C1=C(\C=C)C2C(C)C2c2ccccc2-c2nnn(C(C)C)c21.CC. The predicted octanol–water partition coefficient (Wildman–Crippen LogP) is 6.04. The molecule has 0 aliphatic heterocycles. The van der Waals surface area contributed by atoms with Crippen LogP contribution in [0.25, 0.3) is 16.8 Å². The van der Waals surface area contributed by atoms with E-state index in [1.54, 1.807) is 0 Å². The van der Waals surface area contributed by atoms with Gasteiger partial charge in [-0.2, -0.15) is 0 Å². The molecule has 3 heteroatoms. The number of fused-ring (bicyclic) bond motifs is 5. The van der Waals surface area contributed by atoms with Gasteiger partial charge in [-0.1, -0.05) is 75.6 Å². The molecule has 3 nitrogen and oxygen atoms in total. The van der Waals surface area contributed by atoms with Crippen molar-refractivity contribution in [1.82, 2.24) is 15.0 Å². The number of benzene rings is 1. The number of nitrogens with zero attached hydrogens (tertiary/aromatic N) is 3. The van der Waals surface area contributed by atoms with Crippen LogP contribution >= 0.6 is 0 Å². The summed E-state index contributed by atoms with van der Waals surface area (Å²) in [5, 5.41) is 9.02. The van der Waals surface area contributed by atoms with Crippen molar-refractivity contribution in [2.24, 2.45) is 11.8 Å². The van der Waals surface area contributed by atoms with Gasteiger partial charge in [0.15, 0.2) is 0 Å². The van der Waals surface area contributed by atoms with Crippen LogP contribution in [0.15, 0.2) is 55.1 Å². The van der Waals surface area contributed by atoms with Crippen LogP contribution in [0, 0.1) is 11.8 Å². The summed E-state index contributed by atoms with van der Waals surface area (Å²) in [6.07, 6.45) is 3.96. The van der Waals surface area contributed by atoms with Gasteiger partial charge in [0.05, 0.1) is 5.69 Å². The second kappa shape index (κ2) is 7.06. The number of allylic oxidation sites excluding steroid dienone is 4. The Labute approximate surface area is 157 Å². The molecule has 2 aromatic rings. The molecule has 1 aromatic carbocycles. The Morgan fingerprint density at radius 1 is 1.08 bits per heavy atom. The first-order chi connectivity index (χ1) is 12.6. The quantitative estimate of drug-likeness (QED) is 0.677. The van der Waals surface area contributed by atoms with Crippen molar-refractivity contribution in [2.45, 2.75) is 46.6 Å². The van der Waals surface area contributed by atoms with Crippen LogP contribution in [-0.4, -0.2) is 15.0 Å². The highest BCUT2D eigenvalue weighted by Crippen LogP contribution is 2.61. The van der Waals surface area contributed by atoms with Gasteiger partial charge in [-0.05, 0) is 42.7 Å². The van der Waals surface area contributed by atoms with E-state index in [1.165, 1.54) is 16.7 Å². The van der Waals surface area contributed by atoms with E-state index in [4.69, 9.17) is 0 Å². The molecule has 1 saturated carbocycles. The van der Waals surface area contributed by atoms with E-state index < -0.39 is 0 Å². The van der Waals surface area contributed by atoms with Gasteiger partial charge in [0.2, 0.25) is 0 Å². The fourth-order valence-corrected chi connectivity index (χ4v) is 4.28. The van der Waals surface area contributed by atoms with Gasteiger partial charge in [0.25, 0.3) is 0 Å². The summed E-state index contributed by atoms with van der Waals surface area (Å²) in [6.45, 7) is 18.8. The molecular formula is C23H29N3. The zero-order valence-corrected chi connectivity index (χ0v) is 16.5. The Morgan fingerprint density at radius 2 is 1.77 bits per heavy atom. The summed E-state index contributed by atoms with van der Waals surface area (Å²) in [6, 6.07) is 8.87. The van der Waals surface area contributed by atoms with Gasteiger partial charge in [0.1, 0.15) is 5.69 Å². The molecule has 1 fully saturated rings. The van der Waals surface area contributed by atoms with Crippen molar-refractivity contribution in [3.63, 3.8) is 0 Å². The van der Waals surface area contributed by atoms with E-state index in [2.05, 4.69) is 68.5 Å². The first kappa shape index (κ1) is 18.4. The zero-order chi connectivity index (χ0) is 19.0. The molecule has 26 heavy (non-hydrogen) atoms. The fraction of sp³-hybridized carbons (Fsp3) is 0.391. The molecule has 0 radical (unpaired) electrons. The third kappa shape index (κ3) is 2.57. The summed E-state index contributed by atoms with van der Waals surface area (Å²) >= 11 is 0. The second-order valence-corrected chi connectivity index (χ2v) is 7.10. The minimum atomic E-state index is 0.237. The summed E-state index contributed by atoms with van der Waals surface area (Å²) in [4.78, 5) is 0. The minimum absolute atomic E-state index is 0.237. The highest BCUT2D eigenvalue weighted by molar-refractivity contribution is 5.87. The maximum Gasteiger partial charge on any atom is 0.121 e. The molecule has 2 aliphatic rings. The average Bonchev–Trinajstić information content (AvgIpc) is 3.11. The van der Waals surface area contributed by atoms with E-state index in [1.807, 2.05) is 30.7 Å². The van der Waals surface area contributed by atoms with Crippen molar-refractivity contribution in [1.29, 1.82) is 0 Å². The van der Waals surface area contributed by atoms with Crippen molar-refractivity contribution < 1.29 is 0 Å². The van der Waals surface area contributed by atoms with Crippen LogP contribution in [-0.2, 0) is 0 Å². The molecule has 0 spiro atoms. The van der Waals surface area contributed by atoms with Crippen LogP contribution in [0.1, 0.15) is 57.8 Å². The smallest absolute Gasteiger partial charge is 0.121 e. The molecule has 0 bridgehead atoms. The van der Waals surface area contributed by atoms with E-state index in [0.717, 1.165) is 17.0 Å². The van der Waals surface area contributed by atoms with Crippen LogP contribution < -0.4 is 0 Å². The van der Waals surface area contributed by atoms with E-state index >= 15 is 0 Å². The Bertz CT molecular complexity index is 869. The molecule has 3 unspecified atom stereocenters. The van der Waals surface area contributed by atoms with Crippen LogP contribution in [0.3, 0.4) is 0 Å². The van der Waals surface area contributed by atoms with Crippen molar-refractivity contribution in [3.8, 4) is 11.3 Å². The topological polar surface area (TPSA) is 30.7 Å². The van der Waals surface area contributed by atoms with Crippen LogP contribution in [0.2, 0.25) is 0 Å². The molecule has 2 aliphatic carbocycles. The molecule has 0 N–H and O–H groups in total. The predicted molar refractivity (Wildman–Crippen MR) is 110 cm³/mol. The lowest BCUT2D eigenvalue weighted by Crippen LogP contribution is -2.09. The Morgan fingerprint density at radius 3 is 2.38 bits per heavy atom. The lowest BCUT2D eigenvalue weighted by molar-refractivity contribution is 0.509. The lowest BCUT2D eigenvalue weighted by Gasteiger charge is -2.18. The van der Waals surface area contributed by atoms with Gasteiger partial charge in [-0.25, -0.2) is 4.68 Å². The van der Waals surface area contributed by atoms with Crippen LogP contribution in [0.4, 0.5) is 0 Å².